The van der Waals surface area contributed by atoms with Crippen molar-refractivity contribution in [1.29, 1.82) is 0 Å². The minimum atomic E-state index is -0.849. The van der Waals surface area contributed by atoms with E-state index in [2.05, 4.69) is 0 Å². The number of rotatable bonds is 3. The van der Waals surface area contributed by atoms with Crippen LogP contribution in [-0.2, 0) is 11.8 Å². The molecule has 1 N–H and O–H groups in total. The standard InChI is InChI=1S/C16H18N2O3/c1-17-9-7-12-13(5-2-6-14(12)17)16(21)18-8-3-4-11(18)10-15(19)20/h2,5-7,9,11H,3-4,8,10H2,1H3,(H,19,20)/t11-/m0/s1. The fourth-order valence-electron chi connectivity index (χ4n) is 3.16. The van der Waals surface area contributed by atoms with E-state index < -0.39 is 5.97 Å². The summed E-state index contributed by atoms with van der Waals surface area (Å²) < 4.78 is 1.98. The zero-order valence-corrected chi connectivity index (χ0v) is 12.0. The fraction of sp³-hybridized carbons (Fsp3) is 0.375. The lowest BCUT2D eigenvalue weighted by atomic mass is 10.1. The summed E-state index contributed by atoms with van der Waals surface area (Å²) in [6.45, 7) is 0.639. The molecule has 1 aliphatic heterocycles. The van der Waals surface area contributed by atoms with Crippen molar-refractivity contribution in [3.63, 3.8) is 0 Å². The highest BCUT2D eigenvalue weighted by molar-refractivity contribution is 6.06. The van der Waals surface area contributed by atoms with E-state index in [1.807, 2.05) is 42.1 Å². The zero-order chi connectivity index (χ0) is 15.0. The van der Waals surface area contributed by atoms with Crippen molar-refractivity contribution in [2.75, 3.05) is 6.54 Å². The van der Waals surface area contributed by atoms with Gasteiger partial charge in [-0.05, 0) is 31.0 Å². The van der Waals surface area contributed by atoms with Crippen molar-refractivity contribution >= 4 is 22.8 Å². The number of nitrogens with zero attached hydrogens (tertiary/aromatic N) is 2. The second-order valence-corrected chi connectivity index (χ2v) is 5.56. The number of amides is 1. The lowest BCUT2D eigenvalue weighted by Gasteiger charge is -2.24. The summed E-state index contributed by atoms with van der Waals surface area (Å²) in [7, 11) is 1.94. The van der Waals surface area contributed by atoms with E-state index in [1.165, 1.54) is 0 Å². The molecule has 0 spiro atoms. The molecule has 0 bridgehead atoms. The van der Waals surface area contributed by atoms with Gasteiger partial charge in [0.05, 0.1) is 6.42 Å². The molecule has 5 nitrogen and oxygen atoms in total. The first-order valence-electron chi connectivity index (χ1n) is 7.14. The Kier molecular flexibility index (Phi) is 3.41. The Balaban J connectivity index is 1.95. The Morgan fingerprint density at radius 2 is 2.14 bits per heavy atom. The number of aliphatic carboxylic acids is 1. The number of hydrogen-bond acceptors (Lipinski definition) is 2. The highest BCUT2D eigenvalue weighted by Crippen LogP contribution is 2.26. The average Bonchev–Trinajstić information content (AvgIpc) is 3.05. The van der Waals surface area contributed by atoms with Gasteiger partial charge in [0.15, 0.2) is 0 Å². The van der Waals surface area contributed by atoms with E-state index in [1.54, 1.807) is 4.90 Å². The van der Waals surface area contributed by atoms with Crippen LogP contribution in [0.25, 0.3) is 10.9 Å². The normalized spacial score (nSPS) is 18.3. The highest BCUT2D eigenvalue weighted by atomic mass is 16.4. The third-order valence-corrected chi connectivity index (χ3v) is 4.21. The summed E-state index contributed by atoms with van der Waals surface area (Å²) >= 11 is 0. The van der Waals surface area contributed by atoms with E-state index in [0.29, 0.717) is 12.1 Å². The van der Waals surface area contributed by atoms with Gasteiger partial charge in [-0.3, -0.25) is 9.59 Å². The molecule has 2 aromatic rings. The quantitative estimate of drug-likeness (QED) is 0.941. The molecule has 2 heterocycles. The molecule has 0 unspecified atom stereocenters. The Morgan fingerprint density at radius 1 is 1.33 bits per heavy atom. The minimum absolute atomic E-state index is 0.0243. The van der Waals surface area contributed by atoms with Gasteiger partial charge >= 0.3 is 5.97 Å². The first-order valence-corrected chi connectivity index (χ1v) is 7.14. The van der Waals surface area contributed by atoms with Crippen LogP contribution < -0.4 is 0 Å². The molecule has 1 fully saturated rings. The van der Waals surface area contributed by atoms with Gasteiger partial charge in [-0.25, -0.2) is 0 Å². The highest BCUT2D eigenvalue weighted by Gasteiger charge is 2.31. The van der Waals surface area contributed by atoms with E-state index in [0.717, 1.165) is 23.7 Å². The summed E-state index contributed by atoms with van der Waals surface area (Å²) in [6.07, 6.45) is 3.59. The number of fused-ring (bicyclic) bond motifs is 1. The maximum atomic E-state index is 12.8. The van der Waals surface area contributed by atoms with Crippen LogP contribution in [0.1, 0.15) is 29.6 Å². The molecule has 3 rings (SSSR count). The van der Waals surface area contributed by atoms with Crippen molar-refractivity contribution in [2.24, 2.45) is 7.05 Å². The first-order chi connectivity index (χ1) is 10.1. The molecule has 110 valence electrons. The summed E-state index contributed by atoms with van der Waals surface area (Å²) in [6, 6.07) is 7.42. The van der Waals surface area contributed by atoms with Crippen LogP contribution in [0, 0.1) is 0 Å². The van der Waals surface area contributed by atoms with Gasteiger partial charge in [0.25, 0.3) is 5.91 Å². The number of carbonyl (C=O) groups is 2. The smallest absolute Gasteiger partial charge is 0.305 e. The number of likely N-dealkylation sites (tertiary alicyclic amines) is 1. The minimum Gasteiger partial charge on any atom is -0.481 e. The number of carboxylic acids is 1. The Hall–Kier alpha value is -2.30. The molecule has 1 aliphatic rings. The van der Waals surface area contributed by atoms with Crippen LogP contribution in [0.2, 0.25) is 0 Å². The van der Waals surface area contributed by atoms with Crippen LogP contribution in [0.5, 0.6) is 0 Å². The second-order valence-electron chi connectivity index (χ2n) is 5.56. The van der Waals surface area contributed by atoms with E-state index in [-0.39, 0.29) is 18.4 Å². The molecule has 21 heavy (non-hydrogen) atoms. The third kappa shape index (κ3) is 2.39. The number of aryl methyl sites for hydroxylation is 1. The van der Waals surface area contributed by atoms with Gasteiger partial charge in [-0.2, -0.15) is 0 Å². The molecular formula is C16H18N2O3. The zero-order valence-electron chi connectivity index (χ0n) is 12.0. The molecule has 5 heteroatoms. The largest absolute Gasteiger partial charge is 0.481 e. The van der Waals surface area contributed by atoms with E-state index in [9.17, 15) is 9.59 Å². The van der Waals surface area contributed by atoms with Gasteiger partial charge in [-0.15, -0.1) is 0 Å². The topological polar surface area (TPSA) is 62.5 Å². The SMILES string of the molecule is Cn1ccc2c(C(=O)N3CCC[C@H]3CC(=O)O)cccc21. The summed E-state index contributed by atoms with van der Waals surface area (Å²) in [5.41, 5.74) is 1.67. The Bertz CT molecular complexity index is 705. The fourth-order valence-corrected chi connectivity index (χ4v) is 3.16. The van der Waals surface area contributed by atoms with Crippen LogP contribution in [-0.4, -0.2) is 39.0 Å². The maximum Gasteiger partial charge on any atom is 0.305 e. The first kappa shape index (κ1) is 13.7. The molecule has 0 aliphatic carbocycles. The van der Waals surface area contributed by atoms with Gasteiger partial charge in [-0.1, -0.05) is 6.07 Å². The molecule has 0 saturated carbocycles. The predicted octanol–water partition coefficient (Wildman–Crippen LogP) is 2.26. The van der Waals surface area contributed by atoms with Crippen molar-refractivity contribution in [3.05, 3.63) is 36.0 Å². The van der Waals surface area contributed by atoms with E-state index >= 15 is 0 Å². The Labute approximate surface area is 122 Å². The molecule has 0 radical (unpaired) electrons. The van der Waals surface area contributed by atoms with Crippen LogP contribution in [0.15, 0.2) is 30.5 Å². The van der Waals surface area contributed by atoms with Crippen molar-refractivity contribution in [3.8, 4) is 0 Å². The molecule has 1 aromatic carbocycles. The Morgan fingerprint density at radius 3 is 2.90 bits per heavy atom. The molecule has 1 amide bonds. The maximum absolute atomic E-state index is 12.8. The van der Waals surface area contributed by atoms with E-state index in [4.69, 9.17) is 5.11 Å². The lowest BCUT2D eigenvalue weighted by molar-refractivity contribution is -0.137. The number of benzene rings is 1. The molecule has 1 aromatic heterocycles. The number of carbonyl (C=O) groups excluding carboxylic acids is 1. The van der Waals surface area contributed by atoms with Gasteiger partial charge in [0.1, 0.15) is 0 Å². The van der Waals surface area contributed by atoms with Crippen molar-refractivity contribution in [2.45, 2.75) is 25.3 Å². The van der Waals surface area contributed by atoms with Crippen molar-refractivity contribution < 1.29 is 14.7 Å². The van der Waals surface area contributed by atoms with Gasteiger partial charge in [0, 0.05) is 42.3 Å². The van der Waals surface area contributed by atoms with Crippen molar-refractivity contribution in [1.82, 2.24) is 9.47 Å². The average molecular weight is 286 g/mol. The number of hydrogen-bond donors (Lipinski definition) is 1. The van der Waals surface area contributed by atoms with Crippen LogP contribution in [0.3, 0.4) is 0 Å². The van der Waals surface area contributed by atoms with Gasteiger partial charge in [0.2, 0.25) is 0 Å². The van der Waals surface area contributed by atoms with Gasteiger partial charge < -0.3 is 14.6 Å². The third-order valence-electron chi connectivity index (χ3n) is 4.21. The molecule has 1 saturated heterocycles. The number of aromatic nitrogens is 1. The summed E-state index contributed by atoms with van der Waals surface area (Å²) in [5, 5.41) is 9.90. The second kappa shape index (κ2) is 5.24. The summed E-state index contributed by atoms with van der Waals surface area (Å²) in [4.78, 5) is 25.4. The van der Waals surface area contributed by atoms with Crippen LogP contribution >= 0.6 is 0 Å². The lowest BCUT2D eigenvalue weighted by Crippen LogP contribution is -2.36. The molecular weight excluding hydrogens is 268 g/mol. The van der Waals surface area contributed by atoms with Crippen LogP contribution in [0.4, 0.5) is 0 Å². The molecule has 1 atom stereocenters. The predicted molar refractivity (Wildman–Crippen MR) is 79.2 cm³/mol. The summed E-state index contributed by atoms with van der Waals surface area (Å²) in [5.74, 6) is -0.909. The number of carboxylic acid groups (broad SMARTS) is 1. The monoisotopic (exact) mass is 286 g/mol.